The molecule has 0 saturated carbocycles. The Balaban J connectivity index is 2.90. The SMILES string of the molecule is O/N=C(/Cl)c1ccsc1. The largest absolute Gasteiger partial charge is 0.410 e. The van der Waals surface area contributed by atoms with Gasteiger partial charge >= 0.3 is 0 Å². The van der Waals surface area contributed by atoms with Crippen molar-refractivity contribution in [3.63, 3.8) is 0 Å². The van der Waals surface area contributed by atoms with E-state index in [2.05, 4.69) is 5.16 Å². The van der Waals surface area contributed by atoms with Crippen LogP contribution in [0.15, 0.2) is 22.0 Å². The van der Waals surface area contributed by atoms with E-state index in [1.807, 2.05) is 10.8 Å². The van der Waals surface area contributed by atoms with Crippen LogP contribution in [0.1, 0.15) is 5.56 Å². The molecule has 0 radical (unpaired) electrons. The first-order valence-corrected chi connectivity index (χ1v) is 3.57. The molecule has 0 aliphatic heterocycles. The van der Waals surface area contributed by atoms with Crippen molar-refractivity contribution in [2.24, 2.45) is 5.16 Å². The van der Waals surface area contributed by atoms with Gasteiger partial charge in [0.2, 0.25) is 0 Å². The highest BCUT2D eigenvalue weighted by molar-refractivity contribution is 7.08. The van der Waals surface area contributed by atoms with E-state index in [4.69, 9.17) is 16.8 Å². The molecular formula is C5H4ClNOS. The van der Waals surface area contributed by atoms with Crippen LogP contribution in [0.4, 0.5) is 0 Å². The first-order chi connectivity index (χ1) is 4.34. The van der Waals surface area contributed by atoms with Gasteiger partial charge in [-0.05, 0) is 11.4 Å². The summed E-state index contributed by atoms with van der Waals surface area (Å²) in [6.45, 7) is 0. The zero-order valence-corrected chi connectivity index (χ0v) is 5.99. The fourth-order valence-corrected chi connectivity index (χ4v) is 1.26. The molecule has 0 aliphatic rings. The van der Waals surface area contributed by atoms with Gasteiger partial charge in [0.1, 0.15) is 0 Å². The maximum atomic E-state index is 8.17. The van der Waals surface area contributed by atoms with Crippen LogP contribution in [0, 0.1) is 0 Å². The standard InChI is InChI=1S/C5H4ClNOS/c6-5(7-8)4-1-2-9-3-4/h1-3,8H/b7-5+. The predicted molar refractivity (Wildman–Crippen MR) is 38.5 cm³/mol. The van der Waals surface area contributed by atoms with Crippen molar-refractivity contribution in [2.75, 3.05) is 0 Å². The summed E-state index contributed by atoms with van der Waals surface area (Å²) in [6, 6.07) is 1.78. The van der Waals surface area contributed by atoms with Gasteiger partial charge in [-0.1, -0.05) is 16.8 Å². The number of hydrogen-bond donors (Lipinski definition) is 1. The highest BCUT2D eigenvalue weighted by Gasteiger charge is 1.97. The van der Waals surface area contributed by atoms with Crippen LogP contribution in [0.5, 0.6) is 0 Å². The molecule has 1 N–H and O–H groups in total. The van der Waals surface area contributed by atoms with E-state index < -0.39 is 0 Å². The van der Waals surface area contributed by atoms with Crippen molar-refractivity contribution in [3.8, 4) is 0 Å². The molecule has 0 amide bonds. The quantitative estimate of drug-likeness (QED) is 0.382. The second kappa shape index (κ2) is 2.85. The lowest BCUT2D eigenvalue weighted by Crippen LogP contribution is -1.84. The Morgan fingerprint density at radius 3 is 3.00 bits per heavy atom. The number of oxime groups is 1. The molecule has 9 heavy (non-hydrogen) atoms. The Hall–Kier alpha value is -0.540. The van der Waals surface area contributed by atoms with E-state index in [1.165, 1.54) is 11.3 Å². The van der Waals surface area contributed by atoms with Gasteiger partial charge in [-0.2, -0.15) is 11.3 Å². The highest BCUT2D eigenvalue weighted by atomic mass is 35.5. The van der Waals surface area contributed by atoms with E-state index in [1.54, 1.807) is 6.07 Å². The molecule has 0 fully saturated rings. The van der Waals surface area contributed by atoms with Crippen molar-refractivity contribution in [2.45, 2.75) is 0 Å². The van der Waals surface area contributed by atoms with E-state index in [0.717, 1.165) is 5.56 Å². The number of halogens is 1. The minimum absolute atomic E-state index is 0.135. The Labute approximate surface area is 61.4 Å². The van der Waals surface area contributed by atoms with Crippen molar-refractivity contribution < 1.29 is 5.21 Å². The van der Waals surface area contributed by atoms with Crippen LogP contribution in [0.3, 0.4) is 0 Å². The second-order valence-corrected chi connectivity index (χ2v) is 2.54. The van der Waals surface area contributed by atoms with Crippen molar-refractivity contribution in [1.82, 2.24) is 0 Å². The molecule has 1 rings (SSSR count). The summed E-state index contributed by atoms with van der Waals surface area (Å²) in [6.07, 6.45) is 0. The summed E-state index contributed by atoms with van der Waals surface area (Å²) in [5.41, 5.74) is 0.754. The van der Waals surface area contributed by atoms with E-state index in [0.29, 0.717) is 0 Å². The van der Waals surface area contributed by atoms with Crippen LogP contribution in [-0.4, -0.2) is 10.4 Å². The molecule has 0 spiro atoms. The van der Waals surface area contributed by atoms with Crippen molar-refractivity contribution >= 4 is 28.1 Å². The summed E-state index contributed by atoms with van der Waals surface area (Å²) < 4.78 is 0. The summed E-state index contributed by atoms with van der Waals surface area (Å²) >= 11 is 6.95. The lowest BCUT2D eigenvalue weighted by molar-refractivity contribution is 0.321. The van der Waals surface area contributed by atoms with Gasteiger partial charge in [0.25, 0.3) is 0 Å². The highest BCUT2D eigenvalue weighted by Crippen LogP contribution is 2.08. The van der Waals surface area contributed by atoms with Crippen LogP contribution >= 0.6 is 22.9 Å². The van der Waals surface area contributed by atoms with Gasteiger partial charge in [0.15, 0.2) is 5.17 Å². The van der Waals surface area contributed by atoms with E-state index in [9.17, 15) is 0 Å². The molecule has 48 valence electrons. The topological polar surface area (TPSA) is 32.6 Å². The molecule has 0 bridgehead atoms. The first-order valence-electron chi connectivity index (χ1n) is 2.24. The van der Waals surface area contributed by atoms with Crippen LogP contribution in [-0.2, 0) is 0 Å². The Morgan fingerprint density at radius 1 is 1.78 bits per heavy atom. The predicted octanol–water partition coefficient (Wildman–Crippen LogP) is 2.12. The molecule has 4 heteroatoms. The maximum Gasteiger partial charge on any atom is 0.176 e. The van der Waals surface area contributed by atoms with Gasteiger partial charge in [-0.15, -0.1) is 0 Å². The molecule has 0 unspecified atom stereocenters. The normalized spacial score (nSPS) is 11.9. The lowest BCUT2D eigenvalue weighted by Gasteiger charge is -1.84. The van der Waals surface area contributed by atoms with Crippen molar-refractivity contribution in [1.29, 1.82) is 0 Å². The minimum atomic E-state index is 0.135. The third kappa shape index (κ3) is 1.43. The summed E-state index contributed by atoms with van der Waals surface area (Å²) in [4.78, 5) is 0. The van der Waals surface area contributed by atoms with Crippen molar-refractivity contribution in [3.05, 3.63) is 22.4 Å². The number of nitrogens with zero attached hydrogens (tertiary/aromatic N) is 1. The molecule has 1 aromatic rings. The number of hydrogen-bond acceptors (Lipinski definition) is 3. The molecule has 0 atom stereocenters. The molecule has 2 nitrogen and oxygen atoms in total. The Bertz CT molecular complexity index is 207. The van der Waals surface area contributed by atoms with Gasteiger partial charge < -0.3 is 5.21 Å². The maximum absolute atomic E-state index is 8.17. The fraction of sp³-hybridized carbons (Fsp3) is 0. The molecular weight excluding hydrogens is 158 g/mol. The Kier molecular flexibility index (Phi) is 2.08. The number of rotatable bonds is 1. The van der Waals surface area contributed by atoms with E-state index >= 15 is 0 Å². The third-order valence-electron chi connectivity index (χ3n) is 0.847. The van der Waals surface area contributed by atoms with Gasteiger partial charge in [0, 0.05) is 10.9 Å². The fourth-order valence-electron chi connectivity index (χ4n) is 0.440. The van der Waals surface area contributed by atoms with Gasteiger partial charge in [0.05, 0.1) is 0 Å². The zero-order valence-electron chi connectivity index (χ0n) is 4.41. The average molecular weight is 162 g/mol. The number of thiophene rings is 1. The summed E-state index contributed by atoms with van der Waals surface area (Å²) in [5, 5.41) is 14.8. The molecule has 0 aromatic carbocycles. The summed E-state index contributed by atoms with van der Waals surface area (Å²) in [5.74, 6) is 0. The van der Waals surface area contributed by atoms with E-state index in [-0.39, 0.29) is 5.17 Å². The first kappa shape index (κ1) is 6.58. The van der Waals surface area contributed by atoms with Crippen LogP contribution < -0.4 is 0 Å². The Morgan fingerprint density at radius 2 is 2.56 bits per heavy atom. The molecule has 1 aromatic heterocycles. The minimum Gasteiger partial charge on any atom is -0.410 e. The summed E-state index contributed by atoms with van der Waals surface area (Å²) in [7, 11) is 0. The smallest absolute Gasteiger partial charge is 0.176 e. The molecule has 0 saturated heterocycles. The van der Waals surface area contributed by atoms with Gasteiger partial charge in [-0.25, -0.2) is 0 Å². The monoisotopic (exact) mass is 161 g/mol. The van der Waals surface area contributed by atoms with Gasteiger partial charge in [-0.3, -0.25) is 0 Å². The molecule has 0 aliphatic carbocycles. The second-order valence-electron chi connectivity index (χ2n) is 1.40. The van der Waals surface area contributed by atoms with Crippen LogP contribution in [0.2, 0.25) is 0 Å². The average Bonchev–Trinajstić information content (AvgIpc) is 2.37. The zero-order chi connectivity index (χ0) is 6.69. The van der Waals surface area contributed by atoms with Crippen LogP contribution in [0.25, 0.3) is 0 Å². The molecule has 1 heterocycles. The third-order valence-corrected chi connectivity index (χ3v) is 1.82. The lowest BCUT2D eigenvalue weighted by atomic mass is 10.4.